The first-order valence-corrected chi connectivity index (χ1v) is 34.8. The molecule has 10 aliphatic rings. The Hall–Kier alpha value is -1.54. The molecule has 32 heteroatoms. The van der Waals surface area contributed by atoms with Crippen LogP contribution in [-0.4, -0.2) is 338 Å². The van der Waals surface area contributed by atoms with Crippen molar-refractivity contribution in [2.45, 2.75) is 310 Å². The van der Waals surface area contributed by atoms with Crippen LogP contribution in [0.5, 0.6) is 0 Å². The summed E-state index contributed by atoms with van der Waals surface area (Å²) in [5, 5.41) is 217. The van der Waals surface area contributed by atoms with Crippen LogP contribution in [0.1, 0.15) is 114 Å². The first-order chi connectivity index (χ1) is 45.9. The maximum Gasteiger partial charge on any atom is 0.187 e. The van der Waals surface area contributed by atoms with Crippen molar-refractivity contribution in [1.82, 2.24) is 0 Å². The molecule has 6 aliphatic heterocycles. The smallest absolute Gasteiger partial charge is 0.187 e. The topological polar surface area (TPSA) is 515 Å². The number of fused-ring (bicyclic) bond motifs is 5. The first kappa shape index (κ1) is 79.0. The molecule has 32 nitrogen and oxygen atoms in total. The van der Waals surface area contributed by atoms with E-state index in [2.05, 4.69) is 33.8 Å². The van der Waals surface area contributed by atoms with Crippen LogP contribution in [0.3, 0.4) is 0 Å². The zero-order valence-electron chi connectivity index (χ0n) is 57.1. The fraction of sp³-hybridized carbons (Fsp3) is 0.970. The van der Waals surface area contributed by atoms with Gasteiger partial charge in [0.15, 0.2) is 37.7 Å². The second-order valence-corrected chi connectivity index (χ2v) is 31.8. The molecule has 0 aromatic heterocycles. The highest BCUT2D eigenvalue weighted by molar-refractivity contribution is 5.32. The summed E-state index contributed by atoms with van der Waals surface area (Å²) in [6.45, 7) is 15.0. The normalized spacial score (nSPS) is 52.1. The fourth-order valence-corrected chi connectivity index (χ4v) is 18.3. The van der Waals surface area contributed by atoms with Crippen molar-refractivity contribution < 1.29 is 159 Å². The number of hydrogen-bond acceptors (Lipinski definition) is 32. The Balaban J connectivity index is 0.834. The van der Waals surface area contributed by atoms with Gasteiger partial charge in [0.05, 0.1) is 58.0 Å². The Morgan fingerprint density at radius 2 is 0.959 bits per heavy atom. The number of aliphatic hydroxyl groups is 20. The van der Waals surface area contributed by atoms with Crippen LogP contribution in [0, 0.1) is 50.7 Å². The molecule has 10 rings (SSSR count). The van der Waals surface area contributed by atoms with E-state index in [0.29, 0.717) is 38.5 Å². The largest absolute Gasteiger partial charge is 0.394 e. The molecule has 0 radical (unpaired) electrons. The molecule has 30 unspecified atom stereocenters. The van der Waals surface area contributed by atoms with E-state index in [-0.39, 0.29) is 34.5 Å². The highest BCUT2D eigenvalue weighted by atomic mass is 16.8. The summed E-state index contributed by atoms with van der Waals surface area (Å²) < 4.78 is 72.2. The van der Waals surface area contributed by atoms with Gasteiger partial charge in [-0.1, -0.05) is 74.0 Å². The quantitative estimate of drug-likeness (QED) is 0.0476. The van der Waals surface area contributed by atoms with Crippen molar-refractivity contribution in [3.63, 3.8) is 0 Å². The van der Waals surface area contributed by atoms with Crippen LogP contribution in [-0.2, 0) is 56.8 Å². The molecule has 3 saturated carbocycles. The highest BCUT2D eigenvalue weighted by Crippen LogP contribution is 2.75. The van der Waals surface area contributed by atoms with Crippen LogP contribution >= 0.6 is 0 Å². The summed E-state index contributed by atoms with van der Waals surface area (Å²) in [5.41, 5.74) is -1.61. The lowest BCUT2D eigenvalue weighted by Crippen LogP contribution is -2.66. The van der Waals surface area contributed by atoms with Crippen LogP contribution in [0.4, 0.5) is 0 Å². The number of rotatable bonds is 21. The van der Waals surface area contributed by atoms with Crippen LogP contribution in [0.15, 0.2) is 11.6 Å². The Kier molecular flexibility index (Phi) is 24.8. The van der Waals surface area contributed by atoms with Crippen LogP contribution in [0.2, 0.25) is 0 Å². The lowest BCUT2D eigenvalue weighted by Gasteiger charge is -2.67. The monoisotopic (exact) mass is 1420 g/mol. The van der Waals surface area contributed by atoms with Crippen molar-refractivity contribution >= 4 is 0 Å². The maximum atomic E-state index is 13.0. The van der Waals surface area contributed by atoms with Gasteiger partial charge in [-0.15, -0.1) is 0 Å². The van der Waals surface area contributed by atoms with Gasteiger partial charge in [-0.2, -0.15) is 0 Å². The average molecular weight is 1420 g/mol. The van der Waals surface area contributed by atoms with E-state index >= 15 is 0 Å². The first-order valence-electron chi connectivity index (χ1n) is 34.8. The van der Waals surface area contributed by atoms with Gasteiger partial charge in [0.2, 0.25) is 0 Å². The molecule has 0 spiro atoms. The summed E-state index contributed by atoms with van der Waals surface area (Å²) in [6.07, 6.45) is -43.5. The van der Waals surface area contributed by atoms with Crippen molar-refractivity contribution in [2.75, 3.05) is 39.6 Å². The van der Waals surface area contributed by atoms with Crippen molar-refractivity contribution in [2.24, 2.45) is 50.7 Å². The lowest BCUT2D eigenvalue weighted by atomic mass is 9.38. The van der Waals surface area contributed by atoms with Gasteiger partial charge in [-0.05, 0) is 91.3 Å². The fourth-order valence-electron chi connectivity index (χ4n) is 18.3. The molecule has 39 atom stereocenters. The minimum Gasteiger partial charge on any atom is -0.394 e. The van der Waals surface area contributed by atoms with Crippen molar-refractivity contribution in [3.8, 4) is 0 Å². The van der Waals surface area contributed by atoms with Crippen molar-refractivity contribution in [1.29, 1.82) is 0 Å². The zero-order chi connectivity index (χ0) is 72.0. The van der Waals surface area contributed by atoms with Gasteiger partial charge in [-0.25, -0.2) is 0 Å². The molecule has 98 heavy (non-hydrogen) atoms. The summed E-state index contributed by atoms with van der Waals surface area (Å²) in [6, 6.07) is 0. The van der Waals surface area contributed by atoms with Gasteiger partial charge in [0.25, 0.3) is 0 Å². The average Bonchev–Trinajstić information content (AvgIpc) is 1.31. The van der Waals surface area contributed by atoms with Gasteiger partial charge >= 0.3 is 0 Å². The number of ether oxygens (including phenoxy) is 12. The van der Waals surface area contributed by atoms with Crippen LogP contribution < -0.4 is 0 Å². The van der Waals surface area contributed by atoms with E-state index in [9.17, 15) is 102 Å². The molecule has 20 N–H and O–H groups in total. The van der Waals surface area contributed by atoms with Crippen molar-refractivity contribution in [3.05, 3.63) is 11.6 Å². The van der Waals surface area contributed by atoms with E-state index < -0.39 is 252 Å². The molecule has 0 aromatic carbocycles. The summed E-state index contributed by atoms with van der Waals surface area (Å²) in [4.78, 5) is 0. The predicted octanol–water partition coefficient (Wildman–Crippen LogP) is -5.67. The van der Waals surface area contributed by atoms with E-state index in [1.54, 1.807) is 0 Å². The molecule has 0 amide bonds. The maximum absolute atomic E-state index is 13.0. The molecule has 0 aromatic rings. The lowest BCUT2D eigenvalue weighted by molar-refractivity contribution is -0.379. The molecular weight excluding hydrogens is 1300 g/mol. The molecule has 9 fully saturated rings. The SMILES string of the molecule is C[C@H](CC[C@@H](OC1OC(COC2OC(CO)C(O)C(O)C2O)C(O)C(O)C1OC1OC(CO)C(O)C(O)C1O)C(C)(C)C)[C@H]1CC[C@@]2(C)C3CC=C4[C@@H](CC[C@H](OC5OC(COC6OC(CO)C(O)C(O)C6O)C(OC6OCC(O)C(O)C6O)C(O)C5O)C4(C)C)[C@]3(C)[C@H](O)C[C@]12C. The Morgan fingerprint density at radius 1 is 0.490 bits per heavy atom. The molecule has 0 bridgehead atoms. The minimum atomic E-state index is -1.92. The van der Waals surface area contributed by atoms with E-state index in [4.69, 9.17) is 56.8 Å². The van der Waals surface area contributed by atoms with E-state index in [1.165, 1.54) is 0 Å². The van der Waals surface area contributed by atoms with Gasteiger partial charge < -0.3 is 159 Å². The van der Waals surface area contributed by atoms with E-state index in [0.717, 1.165) is 18.4 Å². The summed E-state index contributed by atoms with van der Waals surface area (Å²) in [5.74, 6) is 0.0621. The second kappa shape index (κ2) is 30.7. The standard InChI is InChI=1S/C66H112O32/c1-25(10-14-37(62(2,3)4)95-61-55(98-60-52(85)46(79)42(75)32(21-69)92-60)47(80)43(76)33(93-61)23-88-56-50(83)44(77)40(73)30(19-67)90-56)26-16-17-64(7)35-13-11-27-28(66(35,9)36(71)18-65(26,64)8)12-15-38(63(27,5)6)96-59-53(86)48(81)54(97-58-49(82)39(72)29(70)22-87-58)34(94-59)24-89-57-51(84)45(78)41(74)31(20-68)91-57/h11,25-26,28-61,67-86H,10,12-24H2,1-9H3/t25-,26-,28-,29?,30?,31?,32?,33?,34?,35?,36-,37-,38+,39?,40?,41?,42?,43?,44?,45?,46?,47?,48?,49?,50?,51?,52?,53?,54?,55?,56?,57?,58?,59?,60?,61?,64+,65-,66+/m1/s1. The van der Waals surface area contributed by atoms with E-state index in [1.807, 2.05) is 34.6 Å². The Bertz CT molecular complexity index is 2620. The molecule has 568 valence electrons. The predicted molar refractivity (Wildman–Crippen MR) is 330 cm³/mol. The number of aliphatic hydroxyl groups excluding tert-OH is 20. The molecule has 6 heterocycles. The van der Waals surface area contributed by atoms with Gasteiger partial charge in [0.1, 0.15) is 140 Å². The Labute approximate surface area is 569 Å². The third kappa shape index (κ3) is 14.5. The van der Waals surface area contributed by atoms with Gasteiger partial charge in [0, 0.05) is 10.8 Å². The minimum absolute atomic E-state index is 0.0215. The zero-order valence-corrected chi connectivity index (χ0v) is 57.1. The highest BCUT2D eigenvalue weighted by Gasteiger charge is 2.71. The number of allylic oxidation sites excluding steroid dienone is 1. The third-order valence-electron chi connectivity index (χ3n) is 24.8. The number of hydrogen-bond donors (Lipinski definition) is 20. The second-order valence-electron chi connectivity index (χ2n) is 31.8. The van der Waals surface area contributed by atoms with Gasteiger partial charge in [-0.3, -0.25) is 0 Å². The summed E-state index contributed by atoms with van der Waals surface area (Å²) >= 11 is 0. The Morgan fingerprint density at radius 3 is 1.52 bits per heavy atom. The molecule has 4 aliphatic carbocycles. The molecular formula is C66H112O32. The van der Waals surface area contributed by atoms with Crippen LogP contribution in [0.25, 0.3) is 0 Å². The third-order valence-corrected chi connectivity index (χ3v) is 24.8. The summed E-state index contributed by atoms with van der Waals surface area (Å²) in [7, 11) is 0. The molecule has 6 saturated heterocycles.